The van der Waals surface area contributed by atoms with Gasteiger partial charge in [0.15, 0.2) is 0 Å². The van der Waals surface area contributed by atoms with Crippen molar-refractivity contribution < 1.29 is 9.90 Å². The van der Waals surface area contributed by atoms with Crippen LogP contribution in [0.5, 0.6) is 0 Å². The zero-order valence-electron chi connectivity index (χ0n) is 6.55. The molecule has 0 aromatic rings. The lowest BCUT2D eigenvalue weighted by atomic mass is 10.2. The van der Waals surface area contributed by atoms with Crippen molar-refractivity contribution in [1.82, 2.24) is 5.32 Å². The van der Waals surface area contributed by atoms with Crippen molar-refractivity contribution in [2.24, 2.45) is 0 Å². The first-order valence-electron chi connectivity index (χ1n) is 3.68. The number of carboxylic acid groups (broad SMARTS) is 1. The van der Waals surface area contributed by atoms with Crippen molar-refractivity contribution in [3.8, 4) is 0 Å². The van der Waals surface area contributed by atoms with E-state index in [2.05, 4.69) is 5.32 Å². The molecule has 0 fully saturated rings. The zero-order valence-corrected chi connectivity index (χ0v) is 6.55. The summed E-state index contributed by atoms with van der Waals surface area (Å²) in [5, 5.41) is 11.5. The van der Waals surface area contributed by atoms with Gasteiger partial charge in [-0.1, -0.05) is 13.8 Å². The van der Waals surface area contributed by atoms with Gasteiger partial charge >= 0.3 is 5.97 Å². The summed E-state index contributed by atoms with van der Waals surface area (Å²) in [6.45, 7) is 4.66. The highest BCUT2D eigenvalue weighted by Crippen LogP contribution is 1.89. The Balaban J connectivity index is 3.50. The highest BCUT2D eigenvalue weighted by molar-refractivity contribution is 5.73. The van der Waals surface area contributed by atoms with Gasteiger partial charge in [0, 0.05) is 0 Å². The summed E-state index contributed by atoms with van der Waals surface area (Å²) in [4.78, 5) is 10.4. The summed E-state index contributed by atoms with van der Waals surface area (Å²) in [7, 11) is 0. The van der Waals surface area contributed by atoms with Crippen LogP contribution in [0.1, 0.15) is 26.7 Å². The van der Waals surface area contributed by atoms with Gasteiger partial charge in [-0.2, -0.15) is 0 Å². The summed E-state index contributed by atoms with van der Waals surface area (Å²) in [6, 6.07) is -0.361. The molecule has 0 spiro atoms. The fourth-order valence-electron chi connectivity index (χ4n) is 0.725. The Hall–Kier alpha value is -0.570. The van der Waals surface area contributed by atoms with E-state index in [0.29, 0.717) is 6.42 Å². The Kier molecular flexibility index (Phi) is 4.94. The molecule has 60 valence electrons. The Morgan fingerprint density at radius 1 is 1.60 bits per heavy atom. The Labute approximate surface area is 61.4 Å². The van der Waals surface area contributed by atoms with Gasteiger partial charge in [-0.15, -0.1) is 0 Å². The molecular weight excluding hydrogens is 130 g/mol. The largest absolute Gasteiger partial charge is 0.480 e. The molecule has 0 saturated heterocycles. The molecule has 10 heavy (non-hydrogen) atoms. The van der Waals surface area contributed by atoms with Crippen LogP contribution in [0.4, 0.5) is 0 Å². The van der Waals surface area contributed by atoms with Crippen molar-refractivity contribution in [2.45, 2.75) is 32.7 Å². The molecule has 0 aliphatic heterocycles. The van der Waals surface area contributed by atoms with Gasteiger partial charge in [0.05, 0.1) is 0 Å². The van der Waals surface area contributed by atoms with Crippen molar-refractivity contribution in [3.63, 3.8) is 0 Å². The van der Waals surface area contributed by atoms with Crippen LogP contribution in [0.2, 0.25) is 0 Å². The Morgan fingerprint density at radius 3 is 2.50 bits per heavy atom. The predicted molar refractivity (Wildman–Crippen MR) is 40.0 cm³/mol. The predicted octanol–water partition coefficient (Wildman–Crippen LogP) is 0.849. The van der Waals surface area contributed by atoms with Crippen LogP contribution >= 0.6 is 0 Å². The average Bonchev–Trinajstić information content (AvgIpc) is 1.89. The average molecular weight is 145 g/mol. The maximum absolute atomic E-state index is 10.4. The number of rotatable bonds is 5. The minimum atomic E-state index is -0.754. The maximum atomic E-state index is 10.4. The van der Waals surface area contributed by atoms with E-state index in [-0.39, 0.29) is 6.04 Å². The first-order chi connectivity index (χ1) is 4.72. The van der Waals surface area contributed by atoms with Crippen molar-refractivity contribution in [2.75, 3.05) is 6.54 Å². The van der Waals surface area contributed by atoms with E-state index in [0.717, 1.165) is 13.0 Å². The molecule has 0 heterocycles. The molecule has 0 bridgehead atoms. The van der Waals surface area contributed by atoms with Crippen LogP contribution < -0.4 is 5.32 Å². The lowest BCUT2D eigenvalue weighted by molar-refractivity contribution is -0.139. The SMILES string of the molecule is CCCN[C@@H](CC)C(=O)O. The minimum Gasteiger partial charge on any atom is -0.480 e. The fraction of sp³-hybridized carbons (Fsp3) is 0.857. The molecule has 2 N–H and O–H groups in total. The topological polar surface area (TPSA) is 49.3 Å². The molecule has 0 unspecified atom stereocenters. The molecule has 0 aromatic carbocycles. The van der Waals surface area contributed by atoms with Gasteiger partial charge in [-0.25, -0.2) is 0 Å². The molecule has 0 aliphatic rings. The summed E-state index contributed by atoms with van der Waals surface area (Å²) in [5.41, 5.74) is 0. The van der Waals surface area contributed by atoms with Gasteiger partial charge in [-0.05, 0) is 19.4 Å². The number of nitrogens with one attached hydrogen (secondary N) is 1. The molecular formula is C7H15NO2. The number of hydrogen-bond acceptors (Lipinski definition) is 2. The van der Waals surface area contributed by atoms with Crippen LogP contribution in [-0.4, -0.2) is 23.7 Å². The quantitative estimate of drug-likeness (QED) is 0.603. The standard InChI is InChI=1S/C7H15NO2/c1-3-5-8-6(4-2)7(9)10/h6,8H,3-5H2,1-2H3,(H,9,10)/t6-/m0/s1. The summed E-state index contributed by atoms with van der Waals surface area (Å²) < 4.78 is 0. The van der Waals surface area contributed by atoms with Crippen molar-refractivity contribution in [3.05, 3.63) is 0 Å². The fourth-order valence-corrected chi connectivity index (χ4v) is 0.725. The lowest BCUT2D eigenvalue weighted by Crippen LogP contribution is -2.36. The number of aliphatic carboxylic acids is 1. The molecule has 3 heteroatoms. The minimum absolute atomic E-state index is 0.361. The summed E-state index contributed by atoms with van der Waals surface area (Å²) >= 11 is 0. The molecule has 0 rings (SSSR count). The normalized spacial score (nSPS) is 13.0. The van der Waals surface area contributed by atoms with Gasteiger partial charge in [0.25, 0.3) is 0 Å². The second kappa shape index (κ2) is 5.23. The third kappa shape index (κ3) is 3.45. The first kappa shape index (κ1) is 9.43. The molecule has 0 aliphatic carbocycles. The highest BCUT2D eigenvalue weighted by Gasteiger charge is 2.11. The monoisotopic (exact) mass is 145 g/mol. The van der Waals surface area contributed by atoms with Crippen LogP contribution in [0, 0.1) is 0 Å². The van der Waals surface area contributed by atoms with Crippen LogP contribution in [-0.2, 0) is 4.79 Å². The molecule has 0 aromatic heterocycles. The summed E-state index contributed by atoms with van der Waals surface area (Å²) in [6.07, 6.45) is 1.62. The van der Waals surface area contributed by atoms with E-state index in [1.54, 1.807) is 0 Å². The molecule has 1 atom stereocenters. The zero-order chi connectivity index (χ0) is 7.98. The van der Waals surface area contributed by atoms with E-state index in [4.69, 9.17) is 5.11 Å². The van der Waals surface area contributed by atoms with Crippen molar-refractivity contribution >= 4 is 5.97 Å². The first-order valence-corrected chi connectivity index (χ1v) is 3.68. The maximum Gasteiger partial charge on any atom is 0.320 e. The Morgan fingerprint density at radius 2 is 2.20 bits per heavy atom. The van der Waals surface area contributed by atoms with E-state index in [1.807, 2.05) is 13.8 Å². The Bertz CT molecular complexity index is 104. The molecule has 0 saturated carbocycles. The van der Waals surface area contributed by atoms with Crippen LogP contribution in [0.15, 0.2) is 0 Å². The van der Waals surface area contributed by atoms with Crippen molar-refractivity contribution in [1.29, 1.82) is 0 Å². The number of carboxylic acids is 1. The van der Waals surface area contributed by atoms with Gasteiger partial charge in [0.1, 0.15) is 6.04 Å². The van der Waals surface area contributed by atoms with Gasteiger partial charge in [0.2, 0.25) is 0 Å². The number of hydrogen-bond donors (Lipinski definition) is 2. The van der Waals surface area contributed by atoms with Crippen LogP contribution in [0.3, 0.4) is 0 Å². The van der Waals surface area contributed by atoms with E-state index in [9.17, 15) is 4.79 Å². The smallest absolute Gasteiger partial charge is 0.320 e. The van der Waals surface area contributed by atoms with Crippen LogP contribution in [0.25, 0.3) is 0 Å². The second-order valence-corrected chi connectivity index (χ2v) is 2.25. The van der Waals surface area contributed by atoms with Gasteiger partial charge in [-0.3, -0.25) is 4.79 Å². The van der Waals surface area contributed by atoms with E-state index >= 15 is 0 Å². The molecule has 3 nitrogen and oxygen atoms in total. The molecule has 0 radical (unpaired) electrons. The molecule has 0 amide bonds. The highest BCUT2D eigenvalue weighted by atomic mass is 16.4. The summed E-state index contributed by atoms with van der Waals surface area (Å²) in [5.74, 6) is -0.754. The third-order valence-corrected chi connectivity index (χ3v) is 1.35. The van der Waals surface area contributed by atoms with Gasteiger partial charge < -0.3 is 10.4 Å². The van der Waals surface area contributed by atoms with E-state index in [1.165, 1.54) is 0 Å². The number of carbonyl (C=O) groups is 1. The third-order valence-electron chi connectivity index (χ3n) is 1.35. The second-order valence-electron chi connectivity index (χ2n) is 2.25. The van der Waals surface area contributed by atoms with E-state index < -0.39 is 5.97 Å². The lowest BCUT2D eigenvalue weighted by Gasteiger charge is -2.09.